The highest BCUT2D eigenvalue weighted by Crippen LogP contribution is 2.35. The van der Waals surface area contributed by atoms with Crippen LogP contribution in [0.1, 0.15) is 95.2 Å². The van der Waals surface area contributed by atoms with E-state index in [9.17, 15) is 14.4 Å². The van der Waals surface area contributed by atoms with E-state index in [-0.39, 0.29) is 35.7 Å². The van der Waals surface area contributed by atoms with Gasteiger partial charge in [-0.1, -0.05) is 71.5 Å². The maximum atomic E-state index is 13.6. The van der Waals surface area contributed by atoms with Crippen molar-refractivity contribution in [3.63, 3.8) is 0 Å². The summed E-state index contributed by atoms with van der Waals surface area (Å²) in [5.74, 6) is 1.82. The minimum atomic E-state index is -0.685. The monoisotopic (exact) mass is 679 g/mol. The van der Waals surface area contributed by atoms with Crippen LogP contribution in [0.25, 0.3) is 27.9 Å². The Kier molecular flexibility index (Phi) is 10.1. The van der Waals surface area contributed by atoms with Gasteiger partial charge in [-0.15, -0.1) is 0 Å². The molecule has 2 saturated heterocycles. The number of fused-ring (bicyclic) bond motifs is 1. The molecule has 3 N–H and O–H groups in total. The number of hydrogen-bond acceptors (Lipinski definition) is 6. The van der Waals surface area contributed by atoms with Crippen molar-refractivity contribution < 1.29 is 19.1 Å². The summed E-state index contributed by atoms with van der Waals surface area (Å²) in [4.78, 5) is 59.1. The van der Waals surface area contributed by atoms with Crippen molar-refractivity contribution in [2.24, 2.45) is 17.8 Å². The van der Waals surface area contributed by atoms with Crippen molar-refractivity contribution in [3.8, 4) is 11.3 Å². The predicted molar refractivity (Wildman–Crippen MR) is 194 cm³/mol. The SMILES string of the molecule is C=C(c1ccc(-c2c[nH]c([C@@H]3CCCN3C(=O)[C@@H](C)C(C)C)n2)cc1)c1ccc2nc([C@@H]3CCCN3C(=O)[C@@H](NC(=O)OC)C(C)C)[nH]c2c1. The van der Waals surface area contributed by atoms with Crippen LogP contribution >= 0.6 is 0 Å². The third-order valence-electron chi connectivity index (χ3n) is 10.5. The van der Waals surface area contributed by atoms with Gasteiger partial charge in [0.25, 0.3) is 0 Å². The number of aromatic nitrogens is 4. The number of amides is 3. The van der Waals surface area contributed by atoms with Crippen molar-refractivity contribution >= 4 is 34.5 Å². The molecule has 0 unspecified atom stereocenters. The van der Waals surface area contributed by atoms with E-state index in [1.54, 1.807) is 0 Å². The maximum Gasteiger partial charge on any atom is 0.407 e. The lowest BCUT2D eigenvalue weighted by atomic mass is 9.96. The fourth-order valence-corrected chi connectivity index (χ4v) is 7.09. The molecule has 0 spiro atoms. The van der Waals surface area contributed by atoms with Crippen molar-refractivity contribution in [2.45, 2.75) is 78.4 Å². The normalized spacial score (nSPS) is 19.0. The van der Waals surface area contributed by atoms with Crippen LogP contribution in [0.2, 0.25) is 0 Å². The molecule has 3 amide bonds. The Labute approximate surface area is 293 Å². The van der Waals surface area contributed by atoms with Gasteiger partial charge in [-0.2, -0.15) is 0 Å². The van der Waals surface area contributed by atoms with E-state index >= 15 is 0 Å². The first kappa shape index (κ1) is 34.9. The number of hydrogen-bond donors (Lipinski definition) is 3. The summed E-state index contributed by atoms with van der Waals surface area (Å²) >= 11 is 0. The third kappa shape index (κ3) is 6.90. The summed E-state index contributed by atoms with van der Waals surface area (Å²) in [6, 6.07) is 13.3. The van der Waals surface area contributed by atoms with Gasteiger partial charge in [0.1, 0.15) is 17.7 Å². The van der Waals surface area contributed by atoms with E-state index in [2.05, 4.69) is 60.0 Å². The number of methoxy groups -OCH3 is 1. The smallest absolute Gasteiger partial charge is 0.407 e. The van der Waals surface area contributed by atoms with Crippen LogP contribution in [0.3, 0.4) is 0 Å². The minimum Gasteiger partial charge on any atom is -0.453 e. The van der Waals surface area contributed by atoms with Crippen LogP contribution in [-0.4, -0.2) is 73.9 Å². The number of carbonyl (C=O) groups excluding carboxylic acids is 3. The van der Waals surface area contributed by atoms with E-state index in [0.717, 1.165) is 82.9 Å². The Morgan fingerprint density at radius 3 is 2.14 bits per heavy atom. The standard InChI is InChI=1S/C39H49N7O4/c1-22(2)24(5)37(47)45-18-8-10-32(45)35-40-21-31(43-35)27-14-12-26(13-15-27)25(6)28-16-17-29-30(20-28)42-36(41-29)33-11-9-19-46(33)38(48)34(23(3)4)44-39(49)50-7/h12-17,20-24,32-34H,6,8-11,18-19H2,1-5,7H3,(H,40,43)(H,41,42)(H,44,49)/t24-,32-,33-,34-/m0/s1. The Bertz CT molecular complexity index is 1870. The van der Waals surface area contributed by atoms with Crippen molar-refractivity contribution in [2.75, 3.05) is 20.2 Å². The Morgan fingerprint density at radius 1 is 0.860 bits per heavy atom. The molecule has 2 aromatic heterocycles. The molecule has 0 saturated carbocycles. The second-order valence-corrected chi connectivity index (χ2v) is 14.4. The van der Waals surface area contributed by atoms with Crippen molar-refractivity contribution in [3.05, 3.63) is 78.0 Å². The van der Waals surface area contributed by atoms with Crippen LogP contribution in [0.5, 0.6) is 0 Å². The van der Waals surface area contributed by atoms with Gasteiger partial charge < -0.3 is 29.8 Å². The van der Waals surface area contributed by atoms with E-state index in [1.165, 1.54) is 7.11 Å². The van der Waals surface area contributed by atoms with Gasteiger partial charge in [0.05, 0.1) is 35.9 Å². The molecule has 2 aliphatic rings. The Balaban J connectivity index is 1.15. The van der Waals surface area contributed by atoms with Gasteiger partial charge in [-0.25, -0.2) is 14.8 Å². The number of H-pyrrole nitrogens is 2. The second kappa shape index (κ2) is 14.5. The molecule has 2 fully saturated rings. The lowest BCUT2D eigenvalue weighted by Gasteiger charge is -2.29. The average Bonchev–Trinajstić information content (AvgIpc) is 3.94. The third-order valence-corrected chi connectivity index (χ3v) is 10.5. The zero-order chi connectivity index (χ0) is 35.7. The highest BCUT2D eigenvalue weighted by atomic mass is 16.5. The molecule has 0 bridgehead atoms. The lowest BCUT2D eigenvalue weighted by molar-refractivity contribution is -0.137. The van der Waals surface area contributed by atoms with Crippen molar-refractivity contribution in [1.29, 1.82) is 0 Å². The summed E-state index contributed by atoms with van der Waals surface area (Å²) in [6.45, 7) is 15.8. The molecule has 2 aliphatic heterocycles. The zero-order valence-electron chi connectivity index (χ0n) is 30.0. The van der Waals surface area contributed by atoms with E-state index in [1.807, 2.05) is 55.0 Å². The highest BCUT2D eigenvalue weighted by Gasteiger charge is 2.38. The van der Waals surface area contributed by atoms with Crippen molar-refractivity contribution in [1.82, 2.24) is 35.1 Å². The first-order chi connectivity index (χ1) is 24.0. The van der Waals surface area contributed by atoms with Gasteiger partial charge in [0, 0.05) is 30.8 Å². The molecule has 11 nitrogen and oxygen atoms in total. The highest BCUT2D eigenvalue weighted by molar-refractivity contribution is 5.88. The first-order valence-corrected chi connectivity index (χ1v) is 17.8. The number of nitrogens with one attached hydrogen (secondary N) is 3. The molecule has 0 radical (unpaired) electrons. The largest absolute Gasteiger partial charge is 0.453 e. The number of benzene rings is 2. The fraction of sp³-hybridized carbons (Fsp3) is 0.462. The molecule has 4 atom stereocenters. The zero-order valence-corrected chi connectivity index (χ0v) is 30.0. The number of ether oxygens (including phenoxy) is 1. The lowest BCUT2D eigenvalue weighted by Crippen LogP contribution is -2.51. The van der Waals surface area contributed by atoms with Gasteiger partial charge >= 0.3 is 6.09 Å². The Morgan fingerprint density at radius 2 is 1.50 bits per heavy atom. The van der Waals surface area contributed by atoms with Gasteiger partial charge in [0.15, 0.2) is 0 Å². The molecule has 4 aromatic rings. The molecular formula is C39H49N7O4. The number of alkyl carbamates (subject to hydrolysis) is 1. The molecule has 11 heteroatoms. The summed E-state index contributed by atoms with van der Waals surface area (Å²) in [5, 5.41) is 2.70. The van der Waals surface area contributed by atoms with E-state index < -0.39 is 12.1 Å². The number of aromatic amines is 2. The van der Waals surface area contributed by atoms with E-state index in [0.29, 0.717) is 12.5 Å². The average molecular weight is 680 g/mol. The summed E-state index contributed by atoms with van der Waals surface area (Å²) < 4.78 is 4.76. The molecule has 2 aromatic carbocycles. The molecule has 264 valence electrons. The molecule has 50 heavy (non-hydrogen) atoms. The Hall–Kier alpha value is -4.93. The van der Waals surface area contributed by atoms with Crippen LogP contribution < -0.4 is 5.32 Å². The molecule has 6 rings (SSSR count). The number of imidazole rings is 2. The number of rotatable bonds is 10. The van der Waals surface area contributed by atoms with Crippen LogP contribution in [0, 0.1) is 17.8 Å². The number of nitrogens with zero attached hydrogens (tertiary/aromatic N) is 4. The predicted octanol–water partition coefficient (Wildman–Crippen LogP) is 7.01. The van der Waals surface area contributed by atoms with Gasteiger partial charge in [-0.3, -0.25) is 9.59 Å². The maximum absolute atomic E-state index is 13.6. The molecular weight excluding hydrogens is 630 g/mol. The van der Waals surface area contributed by atoms with Crippen LogP contribution in [0.4, 0.5) is 4.79 Å². The van der Waals surface area contributed by atoms with E-state index in [4.69, 9.17) is 14.7 Å². The fourth-order valence-electron chi connectivity index (χ4n) is 7.09. The summed E-state index contributed by atoms with van der Waals surface area (Å²) in [6.07, 6.45) is 4.83. The molecule has 4 heterocycles. The topological polar surface area (TPSA) is 136 Å². The number of carbonyl (C=O) groups is 3. The second-order valence-electron chi connectivity index (χ2n) is 14.4. The van der Waals surface area contributed by atoms with Crippen LogP contribution in [-0.2, 0) is 14.3 Å². The molecule has 0 aliphatic carbocycles. The van der Waals surface area contributed by atoms with Crippen LogP contribution in [0.15, 0.2) is 55.2 Å². The van der Waals surface area contributed by atoms with Gasteiger partial charge in [-0.05, 0) is 66.4 Å². The minimum absolute atomic E-state index is 0.0177. The first-order valence-electron chi connectivity index (χ1n) is 17.8. The van der Waals surface area contributed by atoms with Gasteiger partial charge in [0.2, 0.25) is 11.8 Å². The summed E-state index contributed by atoms with van der Waals surface area (Å²) in [7, 11) is 1.29. The summed E-state index contributed by atoms with van der Waals surface area (Å²) in [5.41, 5.74) is 6.35. The quantitative estimate of drug-likeness (QED) is 0.165. The number of likely N-dealkylation sites (tertiary alicyclic amines) is 2.